The van der Waals surface area contributed by atoms with Crippen LogP contribution in [0.15, 0.2) is 0 Å². The van der Waals surface area contributed by atoms with Crippen molar-refractivity contribution in [2.45, 2.75) is 72.6 Å². The van der Waals surface area contributed by atoms with Crippen molar-refractivity contribution in [3.05, 3.63) is 0 Å². The zero-order chi connectivity index (χ0) is 13.2. The summed E-state index contributed by atoms with van der Waals surface area (Å²) in [6.45, 7) is 14.2. The van der Waals surface area contributed by atoms with Gasteiger partial charge in [0.2, 0.25) is 0 Å². The molecule has 0 aliphatic carbocycles. The van der Waals surface area contributed by atoms with Crippen LogP contribution >= 0.6 is 0 Å². The summed E-state index contributed by atoms with van der Waals surface area (Å²) >= 11 is 0. The Morgan fingerprint density at radius 3 is 1.31 bits per heavy atom. The molecule has 0 rings (SSSR count). The van der Waals surface area contributed by atoms with Crippen molar-refractivity contribution < 1.29 is 19.0 Å². The maximum Gasteiger partial charge on any atom is 0.327 e. The van der Waals surface area contributed by atoms with Gasteiger partial charge < -0.3 is 14.2 Å². The Balaban J connectivity index is 4.82. The Kier molecular flexibility index (Phi) is 4.54. The molecule has 0 radical (unpaired) electrons. The third-order valence-corrected chi connectivity index (χ3v) is 1.31. The smallest absolute Gasteiger partial charge is 0.327 e. The summed E-state index contributed by atoms with van der Waals surface area (Å²) in [6.07, 6.45) is 0. The van der Waals surface area contributed by atoms with Gasteiger partial charge in [-0.25, -0.2) is 0 Å². The third kappa shape index (κ3) is 7.65. The molecule has 0 aromatic carbocycles. The van der Waals surface area contributed by atoms with Crippen molar-refractivity contribution in [2.75, 3.05) is 0 Å². The Hall–Kier alpha value is -0.610. The van der Waals surface area contributed by atoms with Crippen molar-refractivity contribution >= 4 is 5.97 Å². The number of rotatable bonds is 3. The van der Waals surface area contributed by atoms with Gasteiger partial charge in [-0.15, -0.1) is 0 Å². The molecule has 4 nitrogen and oxygen atoms in total. The van der Waals surface area contributed by atoms with Gasteiger partial charge in [-0.2, -0.15) is 0 Å². The van der Waals surface area contributed by atoms with Crippen LogP contribution in [0, 0.1) is 0 Å². The van der Waals surface area contributed by atoms with E-state index in [-0.39, 0.29) is 0 Å². The normalized spacial score (nSPS) is 13.8. The minimum atomic E-state index is -1.36. The van der Waals surface area contributed by atoms with E-state index in [9.17, 15) is 4.79 Å². The lowest BCUT2D eigenvalue weighted by atomic mass is 10.2. The first-order chi connectivity index (χ1) is 6.83. The largest absolute Gasteiger partial charge is 0.408 e. The van der Waals surface area contributed by atoms with Gasteiger partial charge in [-0.3, -0.25) is 4.79 Å². The molecule has 0 unspecified atom stereocenters. The topological polar surface area (TPSA) is 44.8 Å². The SMILES string of the molecule is CC(=O)OC(C)(OC(C)(C)C)OC(C)(C)C. The number of esters is 1. The number of ether oxygens (including phenoxy) is 3. The molecule has 0 heterocycles. The fourth-order valence-corrected chi connectivity index (χ4v) is 1.44. The van der Waals surface area contributed by atoms with E-state index in [1.165, 1.54) is 6.92 Å². The lowest BCUT2D eigenvalue weighted by Crippen LogP contribution is -2.47. The van der Waals surface area contributed by atoms with Gasteiger partial charge in [0.15, 0.2) is 0 Å². The van der Waals surface area contributed by atoms with E-state index in [0.717, 1.165) is 0 Å². The molecule has 96 valence electrons. The van der Waals surface area contributed by atoms with Crippen molar-refractivity contribution in [1.29, 1.82) is 0 Å². The predicted octanol–water partition coefficient (Wildman–Crippen LogP) is 2.85. The van der Waals surface area contributed by atoms with E-state index < -0.39 is 23.1 Å². The van der Waals surface area contributed by atoms with Crippen LogP contribution in [0.2, 0.25) is 0 Å². The van der Waals surface area contributed by atoms with Crippen molar-refractivity contribution in [2.24, 2.45) is 0 Å². The van der Waals surface area contributed by atoms with E-state index in [1.54, 1.807) is 6.92 Å². The van der Waals surface area contributed by atoms with Crippen molar-refractivity contribution in [3.8, 4) is 0 Å². The van der Waals surface area contributed by atoms with Gasteiger partial charge in [-0.1, -0.05) is 0 Å². The third-order valence-electron chi connectivity index (χ3n) is 1.31. The zero-order valence-corrected chi connectivity index (χ0v) is 11.6. The average Bonchev–Trinajstić information content (AvgIpc) is 1.69. The zero-order valence-electron chi connectivity index (χ0n) is 11.6. The maximum absolute atomic E-state index is 11.0. The molecule has 0 saturated heterocycles. The molecular formula is C12H24O4. The minimum absolute atomic E-state index is 0.434. The number of carbonyl (C=O) groups excluding carboxylic acids is 1. The van der Waals surface area contributed by atoms with Gasteiger partial charge >= 0.3 is 11.9 Å². The Bertz CT molecular complexity index is 229. The molecule has 0 aliphatic heterocycles. The average molecular weight is 232 g/mol. The summed E-state index contributed by atoms with van der Waals surface area (Å²) in [7, 11) is 0. The first kappa shape index (κ1) is 15.4. The highest BCUT2D eigenvalue weighted by Gasteiger charge is 2.38. The molecule has 0 aliphatic rings. The summed E-state index contributed by atoms with van der Waals surface area (Å²) in [5.74, 6) is -1.79. The number of carbonyl (C=O) groups is 1. The maximum atomic E-state index is 11.0. The van der Waals surface area contributed by atoms with Crippen LogP contribution in [0.5, 0.6) is 0 Å². The van der Waals surface area contributed by atoms with Gasteiger partial charge in [0.25, 0.3) is 0 Å². The number of hydrogen-bond donors (Lipinski definition) is 0. The summed E-state index contributed by atoms with van der Waals surface area (Å²) in [6, 6.07) is 0. The first-order valence-electron chi connectivity index (χ1n) is 5.43. The fourth-order valence-electron chi connectivity index (χ4n) is 1.44. The molecule has 0 atom stereocenters. The second-order valence-corrected chi connectivity index (χ2v) is 5.88. The monoisotopic (exact) mass is 232 g/mol. The van der Waals surface area contributed by atoms with E-state index in [0.29, 0.717) is 0 Å². The van der Waals surface area contributed by atoms with Crippen LogP contribution < -0.4 is 0 Å². The molecule has 0 N–H and O–H groups in total. The Morgan fingerprint density at radius 1 is 0.812 bits per heavy atom. The lowest BCUT2D eigenvalue weighted by molar-refractivity contribution is -0.401. The second-order valence-electron chi connectivity index (χ2n) is 5.88. The van der Waals surface area contributed by atoms with Crippen LogP contribution in [0.25, 0.3) is 0 Å². The molecule has 0 saturated carbocycles. The molecule has 0 aromatic rings. The van der Waals surface area contributed by atoms with E-state index in [2.05, 4.69) is 0 Å². The number of hydrogen-bond acceptors (Lipinski definition) is 4. The van der Waals surface area contributed by atoms with Crippen molar-refractivity contribution in [3.63, 3.8) is 0 Å². The first-order valence-corrected chi connectivity index (χ1v) is 5.43. The molecule has 0 aromatic heterocycles. The van der Waals surface area contributed by atoms with E-state index in [4.69, 9.17) is 14.2 Å². The van der Waals surface area contributed by atoms with Gasteiger partial charge in [0.05, 0.1) is 11.2 Å². The molecule has 0 fully saturated rings. The van der Waals surface area contributed by atoms with Gasteiger partial charge in [0.1, 0.15) is 0 Å². The predicted molar refractivity (Wildman–Crippen MR) is 61.8 cm³/mol. The molecular weight excluding hydrogens is 208 g/mol. The highest BCUT2D eigenvalue weighted by Crippen LogP contribution is 2.27. The lowest BCUT2D eigenvalue weighted by Gasteiger charge is -2.39. The van der Waals surface area contributed by atoms with Crippen LogP contribution in [-0.4, -0.2) is 23.1 Å². The molecule has 0 amide bonds. The molecule has 16 heavy (non-hydrogen) atoms. The van der Waals surface area contributed by atoms with Gasteiger partial charge in [-0.05, 0) is 41.5 Å². The van der Waals surface area contributed by atoms with Crippen LogP contribution in [0.3, 0.4) is 0 Å². The highest BCUT2D eigenvalue weighted by molar-refractivity contribution is 5.66. The van der Waals surface area contributed by atoms with Crippen LogP contribution in [0.1, 0.15) is 55.4 Å². The minimum Gasteiger partial charge on any atom is -0.408 e. The van der Waals surface area contributed by atoms with Crippen molar-refractivity contribution in [1.82, 2.24) is 0 Å². The fraction of sp³-hybridized carbons (Fsp3) is 0.917. The standard InChI is InChI=1S/C12H24O4/c1-9(13)14-12(8,15-10(2,3)4)16-11(5,6)7/h1-8H3. The Labute approximate surface area is 98.3 Å². The van der Waals surface area contributed by atoms with E-state index >= 15 is 0 Å². The molecule has 0 spiro atoms. The summed E-state index contributed by atoms with van der Waals surface area (Å²) in [4.78, 5) is 11.0. The second kappa shape index (κ2) is 4.72. The van der Waals surface area contributed by atoms with Crippen LogP contribution in [-0.2, 0) is 19.0 Å². The molecule has 4 heteroatoms. The van der Waals surface area contributed by atoms with Crippen LogP contribution in [0.4, 0.5) is 0 Å². The van der Waals surface area contributed by atoms with E-state index in [1.807, 2.05) is 41.5 Å². The summed E-state index contributed by atoms with van der Waals surface area (Å²) in [5.41, 5.74) is -0.926. The quantitative estimate of drug-likeness (QED) is 0.554. The summed E-state index contributed by atoms with van der Waals surface area (Å²) < 4.78 is 16.4. The highest BCUT2D eigenvalue weighted by atomic mass is 16.9. The Morgan fingerprint density at radius 2 is 1.12 bits per heavy atom. The molecule has 0 bridgehead atoms. The van der Waals surface area contributed by atoms with Gasteiger partial charge in [0, 0.05) is 13.8 Å². The summed E-state index contributed by atoms with van der Waals surface area (Å²) in [5, 5.41) is 0.